The summed E-state index contributed by atoms with van der Waals surface area (Å²) in [6, 6.07) is 20.0. The molecule has 2 amide bonds. The smallest absolute Gasteiger partial charge is 0.255 e. The van der Waals surface area contributed by atoms with Gasteiger partial charge in [-0.15, -0.1) is 0 Å². The lowest BCUT2D eigenvalue weighted by Crippen LogP contribution is -2.24. The van der Waals surface area contributed by atoms with Gasteiger partial charge in [-0.25, -0.2) is 0 Å². The zero-order valence-electron chi connectivity index (χ0n) is 17.0. The van der Waals surface area contributed by atoms with Crippen LogP contribution in [0.5, 0.6) is 5.75 Å². The molecule has 3 aromatic carbocycles. The van der Waals surface area contributed by atoms with Gasteiger partial charge in [0.2, 0.25) is 5.91 Å². The summed E-state index contributed by atoms with van der Waals surface area (Å²) in [6.07, 6.45) is 1.30. The predicted molar refractivity (Wildman–Crippen MR) is 124 cm³/mol. The Hall–Kier alpha value is -3.51. The first-order valence-electron chi connectivity index (χ1n) is 9.96. The highest BCUT2D eigenvalue weighted by Gasteiger charge is 2.24. The highest BCUT2D eigenvalue weighted by molar-refractivity contribution is 6.34. The van der Waals surface area contributed by atoms with Crippen molar-refractivity contribution >= 4 is 46.2 Å². The molecule has 1 fully saturated rings. The molecule has 31 heavy (non-hydrogen) atoms. The van der Waals surface area contributed by atoms with E-state index in [9.17, 15) is 9.59 Å². The van der Waals surface area contributed by atoms with Crippen LogP contribution in [-0.4, -0.2) is 25.5 Å². The summed E-state index contributed by atoms with van der Waals surface area (Å²) in [5.74, 6) is 0.558. The topological polar surface area (TPSA) is 70.7 Å². The van der Waals surface area contributed by atoms with Crippen molar-refractivity contribution in [1.29, 1.82) is 0 Å². The summed E-state index contributed by atoms with van der Waals surface area (Å²) in [7, 11) is 1.63. The quantitative estimate of drug-likeness (QED) is 0.538. The third-order valence-electron chi connectivity index (χ3n) is 5.09. The number of carbonyl (C=O) groups is 2. The minimum Gasteiger partial charge on any atom is -0.497 e. The van der Waals surface area contributed by atoms with Crippen LogP contribution in [0.3, 0.4) is 0 Å². The molecule has 6 nitrogen and oxygen atoms in total. The van der Waals surface area contributed by atoms with E-state index in [1.807, 2.05) is 48.5 Å². The second-order valence-corrected chi connectivity index (χ2v) is 7.61. The number of nitrogens with zero attached hydrogens (tertiary/aromatic N) is 1. The fraction of sp³-hybridized carbons (Fsp3) is 0.167. The Morgan fingerprint density at radius 3 is 2.23 bits per heavy atom. The standard InChI is InChI=1S/C24H22ClN3O3/c1-31-20-11-9-18(10-12-20)26-17-5-7-19(8-6-17)27-24(30)16-4-13-21(25)22(15-16)28-14-2-3-23(28)29/h4-13,15,26H,2-3,14H2,1H3,(H,27,30). The first kappa shape index (κ1) is 20.8. The largest absolute Gasteiger partial charge is 0.497 e. The summed E-state index contributed by atoms with van der Waals surface area (Å²) in [4.78, 5) is 26.4. The normalized spacial score (nSPS) is 13.2. The van der Waals surface area contributed by atoms with Crippen LogP contribution >= 0.6 is 11.6 Å². The van der Waals surface area contributed by atoms with Crippen molar-refractivity contribution in [2.75, 3.05) is 29.2 Å². The van der Waals surface area contributed by atoms with Crippen LogP contribution < -0.4 is 20.3 Å². The number of anilines is 4. The maximum Gasteiger partial charge on any atom is 0.255 e. The first-order chi connectivity index (χ1) is 15.0. The van der Waals surface area contributed by atoms with Crippen molar-refractivity contribution in [3.05, 3.63) is 77.3 Å². The molecule has 7 heteroatoms. The number of ether oxygens (including phenoxy) is 1. The monoisotopic (exact) mass is 435 g/mol. The molecule has 0 bridgehead atoms. The van der Waals surface area contributed by atoms with E-state index in [0.29, 0.717) is 34.9 Å². The Kier molecular flexibility index (Phi) is 6.09. The Bertz CT molecular complexity index is 1100. The van der Waals surface area contributed by atoms with Gasteiger partial charge >= 0.3 is 0 Å². The molecule has 0 saturated carbocycles. The molecule has 1 aliphatic heterocycles. The molecule has 158 valence electrons. The lowest BCUT2D eigenvalue weighted by Gasteiger charge is -2.18. The van der Waals surface area contributed by atoms with Crippen molar-refractivity contribution in [2.45, 2.75) is 12.8 Å². The molecule has 1 heterocycles. The SMILES string of the molecule is COc1ccc(Nc2ccc(NC(=O)c3ccc(Cl)c(N4CCCC4=O)c3)cc2)cc1. The molecule has 3 aromatic rings. The molecule has 1 aliphatic rings. The lowest BCUT2D eigenvalue weighted by molar-refractivity contribution is -0.117. The maximum atomic E-state index is 12.7. The number of hydrogen-bond donors (Lipinski definition) is 2. The summed E-state index contributed by atoms with van der Waals surface area (Å²) in [5, 5.41) is 6.64. The molecule has 0 atom stereocenters. The zero-order chi connectivity index (χ0) is 21.8. The molecular formula is C24H22ClN3O3. The minimum atomic E-state index is -0.263. The summed E-state index contributed by atoms with van der Waals surface area (Å²) >= 11 is 6.27. The van der Waals surface area contributed by atoms with Crippen molar-refractivity contribution in [2.24, 2.45) is 0 Å². The average Bonchev–Trinajstić information content (AvgIpc) is 3.21. The summed E-state index contributed by atoms with van der Waals surface area (Å²) < 4.78 is 5.16. The van der Waals surface area contributed by atoms with Gasteiger partial charge in [0.25, 0.3) is 5.91 Å². The molecule has 0 aromatic heterocycles. The fourth-order valence-corrected chi connectivity index (χ4v) is 3.66. The third-order valence-corrected chi connectivity index (χ3v) is 5.41. The molecule has 0 aliphatic carbocycles. The molecule has 0 spiro atoms. The van der Waals surface area contributed by atoms with E-state index in [1.165, 1.54) is 0 Å². The van der Waals surface area contributed by atoms with Gasteiger partial charge in [0.1, 0.15) is 5.75 Å². The Balaban J connectivity index is 1.43. The molecule has 0 radical (unpaired) electrons. The van der Waals surface area contributed by atoms with Gasteiger partial charge in [-0.1, -0.05) is 11.6 Å². The van der Waals surface area contributed by atoms with Gasteiger partial charge in [-0.2, -0.15) is 0 Å². The Morgan fingerprint density at radius 2 is 1.61 bits per heavy atom. The summed E-state index contributed by atoms with van der Waals surface area (Å²) in [5.41, 5.74) is 3.52. The zero-order valence-corrected chi connectivity index (χ0v) is 17.8. The number of carbonyl (C=O) groups excluding carboxylic acids is 2. The van der Waals surface area contributed by atoms with E-state index >= 15 is 0 Å². The number of rotatable bonds is 6. The maximum absolute atomic E-state index is 12.7. The van der Waals surface area contributed by atoms with Gasteiger partial charge < -0.3 is 20.3 Å². The van der Waals surface area contributed by atoms with Crippen LogP contribution in [0.4, 0.5) is 22.7 Å². The van der Waals surface area contributed by atoms with E-state index < -0.39 is 0 Å². The van der Waals surface area contributed by atoms with Crippen LogP contribution in [-0.2, 0) is 4.79 Å². The lowest BCUT2D eigenvalue weighted by atomic mass is 10.1. The number of methoxy groups -OCH3 is 1. The van der Waals surface area contributed by atoms with E-state index in [2.05, 4.69) is 10.6 Å². The molecule has 2 N–H and O–H groups in total. The second kappa shape index (κ2) is 9.10. The van der Waals surface area contributed by atoms with Crippen molar-refractivity contribution < 1.29 is 14.3 Å². The third kappa shape index (κ3) is 4.81. The van der Waals surface area contributed by atoms with Crippen LogP contribution in [0.25, 0.3) is 0 Å². The Labute approximate surface area is 185 Å². The minimum absolute atomic E-state index is 0.0272. The predicted octanol–water partition coefficient (Wildman–Crippen LogP) is 5.47. The number of amides is 2. The molecule has 0 unspecified atom stereocenters. The van der Waals surface area contributed by atoms with E-state index in [4.69, 9.17) is 16.3 Å². The van der Waals surface area contributed by atoms with Gasteiger partial charge in [-0.05, 0) is 73.2 Å². The molecule has 1 saturated heterocycles. The highest BCUT2D eigenvalue weighted by atomic mass is 35.5. The van der Waals surface area contributed by atoms with Crippen LogP contribution in [0.2, 0.25) is 5.02 Å². The fourth-order valence-electron chi connectivity index (χ4n) is 3.44. The van der Waals surface area contributed by atoms with Gasteiger partial charge in [-0.3, -0.25) is 9.59 Å². The molecule has 4 rings (SSSR count). The van der Waals surface area contributed by atoms with E-state index in [0.717, 1.165) is 23.5 Å². The number of hydrogen-bond acceptors (Lipinski definition) is 4. The number of benzene rings is 3. The van der Waals surface area contributed by atoms with Crippen LogP contribution in [0.1, 0.15) is 23.2 Å². The van der Waals surface area contributed by atoms with Crippen molar-refractivity contribution in [1.82, 2.24) is 0 Å². The van der Waals surface area contributed by atoms with Crippen molar-refractivity contribution in [3.8, 4) is 5.75 Å². The van der Waals surface area contributed by atoms with Crippen LogP contribution in [0, 0.1) is 0 Å². The average molecular weight is 436 g/mol. The molecular weight excluding hydrogens is 414 g/mol. The van der Waals surface area contributed by atoms with Gasteiger partial charge in [0.05, 0.1) is 17.8 Å². The Morgan fingerprint density at radius 1 is 0.968 bits per heavy atom. The van der Waals surface area contributed by atoms with E-state index in [-0.39, 0.29) is 11.8 Å². The first-order valence-corrected chi connectivity index (χ1v) is 10.3. The summed E-state index contributed by atoms with van der Waals surface area (Å²) in [6.45, 7) is 0.617. The van der Waals surface area contributed by atoms with Crippen molar-refractivity contribution in [3.63, 3.8) is 0 Å². The second-order valence-electron chi connectivity index (χ2n) is 7.20. The number of halogens is 1. The van der Waals surface area contributed by atoms with Crippen LogP contribution in [0.15, 0.2) is 66.7 Å². The van der Waals surface area contributed by atoms with Gasteiger partial charge in [0, 0.05) is 35.6 Å². The van der Waals surface area contributed by atoms with E-state index in [1.54, 1.807) is 30.2 Å². The van der Waals surface area contributed by atoms with Gasteiger partial charge in [0.15, 0.2) is 0 Å². The highest BCUT2D eigenvalue weighted by Crippen LogP contribution is 2.31. The number of nitrogens with one attached hydrogen (secondary N) is 2.